The third kappa shape index (κ3) is 2.64. The number of hydrogen-bond donors (Lipinski definition) is 1. The molecule has 0 bridgehead atoms. The molecule has 0 aliphatic rings. The van der Waals surface area contributed by atoms with Crippen LogP contribution in [0.2, 0.25) is 0 Å². The highest BCUT2D eigenvalue weighted by atomic mass is 19.1. The van der Waals surface area contributed by atoms with Crippen LogP contribution in [0.1, 0.15) is 17.0 Å². The van der Waals surface area contributed by atoms with Gasteiger partial charge in [0.2, 0.25) is 5.95 Å². The van der Waals surface area contributed by atoms with Crippen LogP contribution >= 0.6 is 0 Å². The first-order valence-electron chi connectivity index (χ1n) is 5.35. The summed E-state index contributed by atoms with van der Waals surface area (Å²) in [4.78, 5) is 8.01. The summed E-state index contributed by atoms with van der Waals surface area (Å²) in [6, 6.07) is 9.41. The van der Waals surface area contributed by atoms with E-state index >= 15 is 0 Å². The maximum atomic E-state index is 13.4. The molecule has 5 nitrogen and oxygen atoms in total. The van der Waals surface area contributed by atoms with E-state index in [-0.39, 0.29) is 22.9 Å². The Morgan fingerprint density at radius 2 is 2.00 bits per heavy atom. The van der Waals surface area contributed by atoms with E-state index in [1.54, 1.807) is 19.1 Å². The van der Waals surface area contributed by atoms with E-state index < -0.39 is 5.82 Å². The van der Waals surface area contributed by atoms with Gasteiger partial charge in [-0.3, -0.25) is 0 Å². The lowest BCUT2D eigenvalue weighted by molar-refractivity contribution is 0.624. The first kappa shape index (κ1) is 12.5. The van der Waals surface area contributed by atoms with Crippen LogP contribution in [0.5, 0.6) is 0 Å². The first-order chi connectivity index (χ1) is 9.13. The van der Waals surface area contributed by atoms with Gasteiger partial charge in [-0.2, -0.15) is 10.5 Å². The van der Waals surface area contributed by atoms with Crippen molar-refractivity contribution in [3.05, 3.63) is 47.0 Å². The Balaban J connectivity index is 2.43. The van der Waals surface area contributed by atoms with Crippen molar-refractivity contribution in [3.8, 4) is 12.1 Å². The molecule has 2 rings (SSSR count). The van der Waals surface area contributed by atoms with Crippen LogP contribution in [0.4, 0.5) is 16.0 Å². The van der Waals surface area contributed by atoms with Gasteiger partial charge >= 0.3 is 0 Å². The van der Waals surface area contributed by atoms with Crippen molar-refractivity contribution in [2.24, 2.45) is 0 Å². The number of aryl methyl sites for hydroxylation is 1. The van der Waals surface area contributed by atoms with Gasteiger partial charge in [-0.25, -0.2) is 14.4 Å². The van der Waals surface area contributed by atoms with Crippen molar-refractivity contribution in [2.45, 2.75) is 6.92 Å². The number of nitriles is 2. The van der Waals surface area contributed by atoms with Crippen LogP contribution in [-0.4, -0.2) is 9.97 Å². The third-order valence-electron chi connectivity index (χ3n) is 2.34. The maximum absolute atomic E-state index is 13.4. The van der Waals surface area contributed by atoms with E-state index in [9.17, 15) is 4.39 Å². The summed E-state index contributed by atoms with van der Waals surface area (Å²) in [6.45, 7) is 1.71. The average Bonchev–Trinajstić information content (AvgIpc) is 2.38. The van der Waals surface area contributed by atoms with Gasteiger partial charge in [-0.1, -0.05) is 6.07 Å². The Morgan fingerprint density at radius 1 is 1.21 bits per heavy atom. The summed E-state index contributed by atoms with van der Waals surface area (Å²) >= 11 is 0. The molecule has 0 spiro atoms. The Labute approximate surface area is 109 Å². The predicted octanol–water partition coefficient (Wildman–Crippen LogP) is 2.41. The van der Waals surface area contributed by atoms with Crippen LogP contribution < -0.4 is 5.32 Å². The number of hydrogen-bond acceptors (Lipinski definition) is 5. The van der Waals surface area contributed by atoms with E-state index in [2.05, 4.69) is 15.3 Å². The molecule has 0 atom stereocenters. The van der Waals surface area contributed by atoms with E-state index in [1.165, 1.54) is 18.2 Å². The Kier molecular flexibility index (Phi) is 3.35. The van der Waals surface area contributed by atoms with Crippen LogP contribution in [0.15, 0.2) is 24.3 Å². The van der Waals surface area contributed by atoms with Crippen LogP contribution in [-0.2, 0) is 0 Å². The smallest absolute Gasteiger partial charge is 0.228 e. The molecule has 0 saturated heterocycles. The molecule has 0 saturated carbocycles. The summed E-state index contributed by atoms with van der Waals surface area (Å²) < 4.78 is 13.4. The van der Waals surface area contributed by atoms with Crippen molar-refractivity contribution in [2.75, 3.05) is 5.32 Å². The molecule has 92 valence electrons. The lowest BCUT2D eigenvalue weighted by atomic mass is 10.2. The average molecular weight is 253 g/mol. The summed E-state index contributed by atoms with van der Waals surface area (Å²) in [5.41, 5.74) is 0.942. The fourth-order valence-electron chi connectivity index (χ4n) is 1.54. The Bertz CT molecular complexity index is 712. The molecular weight excluding hydrogens is 245 g/mol. The number of aromatic nitrogens is 2. The van der Waals surface area contributed by atoms with Gasteiger partial charge in [0, 0.05) is 5.69 Å². The van der Waals surface area contributed by atoms with Crippen LogP contribution in [0.3, 0.4) is 0 Å². The highest BCUT2D eigenvalue weighted by Crippen LogP contribution is 2.20. The topological polar surface area (TPSA) is 85.4 Å². The fourth-order valence-corrected chi connectivity index (χ4v) is 1.54. The zero-order valence-corrected chi connectivity index (χ0v) is 9.98. The number of anilines is 2. The zero-order valence-electron chi connectivity index (χ0n) is 9.98. The molecule has 0 aliphatic heterocycles. The van der Waals surface area contributed by atoms with Gasteiger partial charge in [0.1, 0.15) is 29.2 Å². The van der Waals surface area contributed by atoms with Gasteiger partial charge in [-0.15, -0.1) is 0 Å². The van der Waals surface area contributed by atoms with Gasteiger partial charge < -0.3 is 5.32 Å². The summed E-state index contributed by atoms with van der Waals surface area (Å²) in [5.74, 6) is -0.473. The second-order valence-corrected chi connectivity index (χ2v) is 3.73. The van der Waals surface area contributed by atoms with Crippen LogP contribution in [0.25, 0.3) is 0 Å². The SMILES string of the molecule is Cc1cc(C#N)nc(Nc2cccc(F)c2C#N)n1. The van der Waals surface area contributed by atoms with Gasteiger partial charge in [0.15, 0.2) is 0 Å². The largest absolute Gasteiger partial charge is 0.323 e. The molecule has 6 heteroatoms. The molecule has 19 heavy (non-hydrogen) atoms. The normalized spacial score (nSPS) is 9.47. The summed E-state index contributed by atoms with van der Waals surface area (Å²) in [6.07, 6.45) is 0. The quantitative estimate of drug-likeness (QED) is 0.888. The number of nitrogens with one attached hydrogen (secondary N) is 1. The van der Waals surface area contributed by atoms with E-state index in [0.717, 1.165) is 0 Å². The van der Waals surface area contributed by atoms with Crippen molar-refractivity contribution >= 4 is 11.6 Å². The number of halogens is 1. The monoisotopic (exact) mass is 253 g/mol. The third-order valence-corrected chi connectivity index (χ3v) is 2.34. The summed E-state index contributed by atoms with van der Waals surface area (Å²) in [5, 5.41) is 20.5. The molecule has 0 aliphatic carbocycles. The second kappa shape index (κ2) is 5.11. The lowest BCUT2D eigenvalue weighted by Gasteiger charge is -2.07. The first-order valence-corrected chi connectivity index (χ1v) is 5.35. The van der Waals surface area contributed by atoms with E-state index in [1.807, 2.05) is 6.07 Å². The number of benzene rings is 1. The van der Waals surface area contributed by atoms with Crippen LogP contribution in [0, 0.1) is 35.4 Å². The lowest BCUT2D eigenvalue weighted by Crippen LogP contribution is -2.02. The van der Waals surface area contributed by atoms with Gasteiger partial charge in [0.25, 0.3) is 0 Å². The summed E-state index contributed by atoms with van der Waals surface area (Å²) in [7, 11) is 0. The molecule has 0 amide bonds. The molecule has 0 radical (unpaired) electrons. The Morgan fingerprint density at radius 3 is 2.68 bits per heavy atom. The highest BCUT2D eigenvalue weighted by molar-refractivity contribution is 5.63. The second-order valence-electron chi connectivity index (χ2n) is 3.73. The molecule has 1 aromatic heterocycles. The van der Waals surface area contributed by atoms with Crippen molar-refractivity contribution in [3.63, 3.8) is 0 Å². The minimum Gasteiger partial charge on any atom is -0.323 e. The molecular formula is C13H8FN5. The molecule has 1 heterocycles. The molecule has 2 aromatic rings. The van der Waals surface area contributed by atoms with Crippen molar-refractivity contribution in [1.82, 2.24) is 9.97 Å². The van der Waals surface area contributed by atoms with Crippen molar-refractivity contribution < 1.29 is 4.39 Å². The minimum absolute atomic E-state index is 0.119. The zero-order chi connectivity index (χ0) is 13.8. The van der Waals surface area contributed by atoms with E-state index in [4.69, 9.17) is 10.5 Å². The maximum Gasteiger partial charge on any atom is 0.228 e. The van der Waals surface area contributed by atoms with Gasteiger partial charge in [0.05, 0.1) is 5.69 Å². The molecule has 1 N–H and O–H groups in total. The van der Waals surface area contributed by atoms with E-state index in [0.29, 0.717) is 5.69 Å². The fraction of sp³-hybridized carbons (Fsp3) is 0.0769. The Hall–Kier alpha value is -2.99. The van der Waals surface area contributed by atoms with Crippen molar-refractivity contribution in [1.29, 1.82) is 10.5 Å². The predicted molar refractivity (Wildman–Crippen MR) is 65.9 cm³/mol. The minimum atomic E-state index is -0.624. The molecule has 0 unspecified atom stereocenters. The molecule has 1 aromatic carbocycles. The highest BCUT2D eigenvalue weighted by Gasteiger charge is 2.09. The number of rotatable bonds is 2. The number of nitrogens with zero attached hydrogens (tertiary/aromatic N) is 4. The molecule has 0 fully saturated rings. The van der Waals surface area contributed by atoms with Gasteiger partial charge in [-0.05, 0) is 25.1 Å². The standard InChI is InChI=1S/C13H8FN5/c1-8-5-9(6-15)18-13(17-8)19-12-4-2-3-11(14)10(12)7-16/h2-5H,1H3,(H,17,18,19).